The monoisotopic (exact) mass is 178 g/mol. The molecule has 0 aliphatic heterocycles. The Morgan fingerprint density at radius 2 is 2.00 bits per heavy atom. The molecule has 0 bridgehead atoms. The molecular weight excluding hydrogens is 168 g/mol. The summed E-state index contributed by atoms with van der Waals surface area (Å²) in [4.78, 5) is 10.8. The highest BCUT2D eigenvalue weighted by molar-refractivity contribution is 5.64. The number of hydrogen-bond acceptors (Lipinski definition) is 3. The van der Waals surface area contributed by atoms with E-state index in [0.717, 1.165) is 11.8 Å². The van der Waals surface area contributed by atoms with Gasteiger partial charge in [-0.2, -0.15) is 0 Å². The fourth-order valence-corrected chi connectivity index (χ4v) is 0.795. The van der Waals surface area contributed by atoms with Gasteiger partial charge in [0.25, 0.3) is 0 Å². The smallest absolute Gasteiger partial charge is 0.403 e. The molecule has 0 saturated heterocycles. The van der Waals surface area contributed by atoms with E-state index in [0.29, 0.717) is 5.75 Å². The molecule has 0 saturated carbocycles. The van der Waals surface area contributed by atoms with Crippen molar-refractivity contribution < 1.29 is 14.3 Å². The molecule has 0 amide bonds. The van der Waals surface area contributed by atoms with Crippen molar-refractivity contribution in [1.29, 1.82) is 0 Å². The first-order chi connectivity index (χ1) is 6.22. The molecule has 0 fully saturated rings. The van der Waals surface area contributed by atoms with Crippen molar-refractivity contribution in [2.75, 3.05) is 0 Å². The van der Waals surface area contributed by atoms with Crippen LogP contribution in [0, 0.1) is 6.92 Å². The predicted molar refractivity (Wildman–Crippen MR) is 48.5 cm³/mol. The Hall–Kier alpha value is -1.77. The van der Waals surface area contributed by atoms with Crippen molar-refractivity contribution >= 4 is 6.16 Å². The minimum absolute atomic E-state index is 0.456. The summed E-state index contributed by atoms with van der Waals surface area (Å²) in [5.74, 6) is 0.456. The molecule has 0 aliphatic carbocycles. The number of rotatable bonds is 2. The van der Waals surface area contributed by atoms with E-state index in [2.05, 4.69) is 11.3 Å². The zero-order chi connectivity index (χ0) is 9.68. The highest BCUT2D eigenvalue weighted by Gasteiger charge is 2.02. The fraction of sp³-hybridized carbons (Fsp3) is 0.100. The maximum absolute atomic E-state index is 10.8. The topological polar surface area (TPSA) is 35.5 Å². The highest BCUT2D eigenvalue weighted by atomic mass is 16.7. The third kappa shape index (κ3) is 2.99. The van der Waals surface area contributed by atoms with Gasteiger partial charge in [-0.25, -0.2) is 4.79 Å². The Labute approximate surface area is 76.6 Å². The molecule has 68 valence electrons. The number of carbonyl (C=O) groups excluding carboxylic acids is 1. The second-order valence-corrected chi connectivity index (χ2v) is 2.45. The summed E-state index contributed by atoms with van der Waals surface area (Å²) in [6.07, 6.45) is 0.245. The first kappa shape index (κ1) is 9.32. The quantitative estimate of drug-likeness (QED) is 0.396. The molecule has 3 heteroatoms. The minimum Gasteiger partial charge on any atom is -0.403 e. The molecule has 0 N–H and O–H groups in total. The normalized spacial score (nSPS) is 9.00. The maximum Gasteiger partial charge on any atom is 0.518 e. The minimum atomic E-state index is -0.779. The van der Waals surface area contributed by atoms with Crippen molar-refractivity contribution in [1.82, 2.24) is 0 Å². The fourth-order valence-electron chi connectivity index (χ4n) is 0.795. The number of hydrogen-bond donors (Lipinski definition) is 0. The van der Waals surface area contributed by atoms with Crippen LogP contribution in [0.4, 0.5) is 4.79 Å². The van der Waals surface area contributed by atoms with Gasteiger partial charge < -0.3 is 9.47 Å². The first-order valence-corrected chi connectivity index (χ1v) is 3.78. The van der Waals surface area contributed by atoms with Crippen molar-refractivity contribution in [3.05, 3.63) is 42.7 Å². The van der Waals surface area contributed by atoms with Gasteiger partial charge in [0.05, 0.1) is 6.26 Å². The van der Waals surface area contributed by atoms with Gasteiger partial charge in [0.2, 0.25) is 0 Å². The van der Waals surface area contributed by atoms with Crippen LogP contribution in [-0.2, 0) is 4.74 Å². The molecule has 1 aromatic carbocycles. The summed E-state index contributed by atoms with van der Waals surface area (Å²) in [6.45, 7) is 5.18. The second-order valence-electron chi connectivity index (χ2n) is 2.45. The molecule has 0 aliphatic rings. The summed E-state index contributed by atoms with van der Waals surface area (Å²) in [6, 6.07) is 7.08. The van der Waals surface area contributed by atoms with E-state index in [1.165, 1.54) is 0 Å². The van der Waals surface area contributed by atoms with Gasteiger partial charge in [-0.05, 0) is 19.1 Å². The third-order valence-electron chi connectivity index (χ3n) is 1.40. The first-order valence-electron chi connectivity index (χ1n) is 3.78. The lowest BCUT2D eigenvalue weighted by atomic mass is 10.2. The summed E-state index contributed by atoms with van der Waals surface area (Å²) in [7, 11) is 0. The van der Waals surface area contributed by atoms with E-state index in [1.807, 2.05) is 19.1 Å². The van der Waals surface area contributed by atoms with Crippen molar-refractivity contribution in [3.8, 4) is 5.75 Å². The van der Waals surface area contributed by atoms with Crippen LogP contribution in [-0.4, -0.2) is 6.16 Å². The van der Waals surface area contributed by atoms with Crippen LogP contribution in [0.25, 0.3) is 0 Å². The SMILES string of the molecule is C=COC(=O)Oc1ccc(C)cc1. The van der Waals surface area contributed by atoms with Crippen molar-refractivity contribution in [2.24, 2.45) is 0 Å². The van der Waals surface area contributed by atoms with Gasteiger partial charge in [-0.1, -0.05) is 24.3 Å². The second kappa shape index (κ2) is 4.30. The number of aryl methyl sites for hydroxylation is 1. The zero-order valence-electron chi connectivity index (χ0n) is 7.32. The van der Waals surface area contributed by atoms with E-state index in [-0.39, 0.29) is 0 Å². The summed E-state index contributed by atoms with van der Waals surface area (Å²) >= 11 is 0. The van der Waals surface area contributed by atoms with Gasteiger partial charge in [0.15, 0.2) is 0 Å². The molecule has 0 heterocycles. The molecule has 13 heavy (non-hydrogen) atoms. The highest BCUT2D eigenvalue weighted by Crippen LogP contribution is 2.11. The summed E-state index contributed by atoms with van der Waals surface area (Å²) < 4.78 is 9.16. The van der Waals surface area contributed by atoms with Crippen LogP contribution in [0.2, 0.25) is 0 Å². The largest absolute Gasteiger partial charge is 0.518 e. The van der Waals surface area contributed by atoms with Crippen LogP contribution < -0.4 is 4.74 Å². The molecule has 3 nitrogen and oxygen atoms in total. The van der Waals surface area contributed by atoms with Crippen LogP contribution in [0.15, 0.2) is 37.1 Å². The van der Waals surface area contributed by atoms with Crippen LogP contribution in [0.5, 0.6) is 5.75 Å². The molecular formula is C10H10O3. The molecule has 0 unspecified atom stereocenters. The zero-order valence-corrected chi connectivity index (χ0v) is 7.32. The van der Waals surface area contributed by atoms with Gasteiger partial charge in [0, 0.05) is 0 Å². The lowest BCUT2D eigenvalue weighted by Crippen LogP contribution is -2.06. The molecule has 0 radical (unpaired) electrons. The van der Waals surface area contributed by atoms with E-state index in [4.69, 9.17) is 4.74 Å². The van der Waals surface area contributed by atoms with Gasteiger partial charge in [0.1, 0.15) is 5.75 Å². The molecule has 1 rings (SSSR count). The summed E-state index contributed by atoms with van der Waals surface area (Å²) in [5.41, 5.74) is 1.10. The van der Waals surface area contributed by atoms with Gasteiger partial charge in [-0.15, -0.1) is 0 Å². The molecule has 0 atom stereocenters. The van der Waals surface area contributed by atoms with Crippen LogP contribution in [0.3, 0.4) is 0 Å². The van der Waals surface area contributed by atoms with Crippen LogP contribution >= 0.6 is 0 Å². The van der Waals surface area contributed by atoms with E-state index >= 15 is 0 Å². The Morgan fingerprint density at radius 3 is 2.54 bits per heavy atom. The van der Waals surface area contributed by atoms with E-state index < -0.39 is 6.16 Å². The number of benzene rings is 1. The Bertz CT molecular complexity index is 300. The van der Waals surface area contributed by atoms with Gasteiger partial charge in [-0.3, -0.25) is 0 Å². The molecule has 0 spiro atoms. The van der Waals surface area contributed by atoms with E-state index in [9.17, 15) is 4.79 Å². The predicted octanol–water partition coefficient (Wildman–Crippen LogP) is 2.65. The standard InChI is InChI=1S/C10H10O3/c1-3-12-10(11)13-9-6-4-8(2)5-7-9/h3-7H,1H2,2H3. The lowest BCUT2D eigenvalue weighted by molar-refractivity contribution is 0.136. The third-order valence-corrected chi connectivity index (χ3v) is 1.40. The van der Waals surface area contributed by atoms with Gasteiger partial charge >= 0.3 is 6.16 Å². The van der Waals surface area contributed by atoms with Crippen LogP contribution in [0.1, 0.15) is 5.56 Å². The number of carbonyl (C=O) groups is 1. The summed E-state index contributed by atoms with van der Waals surface area (Å²) in [5, 5.41) is 0. The van der Waals surface area contributed by atoms with Crippen molar-refractivity contribution in [2.45, 2.75) is 6.92 Å². The molecule has 0 aromatic heterocycles. The Kier molecular flexibility index (Phi) is 3.09. The van der Waals surface area contributed by atoms with Crippen molar-refractivity contribution in [3.63, 3.8) is 0 Å². The Balaban J connectivity index is 2.59. The average Bonchev–Trinajstić information content (AvgIpc) is 2.09. The van der Waals surface area contributed by atoms with E-state index in [1.54, 1.807) is 12.1 Å². The molecule has 1 aromatic rings. The average molecular weight is 178 g/mol. The lowest BCUT2D eigenvalue weighted by Gasteiger charge is -2.01. The Morgan fingerprint density at radius 1 is 1.38 bits per heavy atom. The maximum atomic E-state index is 10.8. The number of ether oxygens (including phenoxy) is 2.